The van der Waals surface area contributed by atoms with Crippen molar-refractivity contribution in [2.75, 3.05) is 0 Å². The van der Waals surface area contributed by atoms with Gasteiger partial charge in [-0.25, -0.2) is 24.3 Å². The van der Waals surface area contributed by atoms with Crippen LogP contribution in [0.2, 0.25) is 0 Å². The molecule has 0 amide bonds. The average molecular weight is 362 g/mol. The van der Waals surface area contributed by atoms with Gasteiger partial charge < -0.3 is 4.79 Å². The summed E-state index contributed by atoms with van der Waals surface area (Å²) >= 11 is 0. The Morgan fingerprint density at radius 3 is 1.79 bits per heavy atom. The van der Waals surface area contributed by atoms with Crippen molar-refractivity contribution < 1.29 is 24.6 Å². The molecule has 2 rings (SSSR count). The van der Waals surface area contributed by atoms with Gasteiger partial charge in [-0.1, -0.05) is 5.56 Å². The molecule has 0 aromatic heterocycles. The molecule has 0 aliphatic heterocycles. The molecule has 1 nitrogen and oxygen atoms in total. The molecule has 2 aromatic rings. The van der Waals surface area contributed by atoms with Crippen LogP contribution in [-0.2, 0) is 19.8 Å². The molecule has 0 N–H and O–H groups in total. The number of carbonyl (C=O) groups excluding carboxylic acids is 1. The quantitative estimate of drug-likeness (QED) is 0.563. The zero-order chi connectivity index (χ0) is 9.52. The van der Waals surface area contributed by atoms with Gasteiger partial charge in [0, 0.05) is 0 Å². The van der Waals surface area contributed by atoms with E-state index in [4.69, 9.17) is 0 Å². The number of hydrogen-bond acceptors (Lipinski definition) is 1. The van der Waals surface area contributed by atoms with E-state index in [1.807, 2.05) is 54.6 Å². The van der Waals surface area contributed by atoms with Crippen LogP contribution in [0.25, 0.3) is 0 Å². The van der Waals surface area contributed by atoms with Crippen molar-refractivity contribution in [3.8, 4) is 0 Å². The zero-order valence-corrected chi connectivity index (χ0v) is 10.5. The van der Waals surface area contributed by atoms with E-state index < -0.39 is 0 Å². The number of hydrogen-bond donors (Lipinski definition) is 0. The Morgan fingerprint density at radius 2 is 1.57 bits per heavy atom. The third kappa shape index (κ3) is 4.89. The predicted octanol–water partition coefficient (Wildman–Crippen LogP) is 3.01. The van der Waals surface area contributed by atoms with E-state index in [0.717, 1.165) is 5.56 Å². The predicted molar refractivity (Wildman–Crippen MR) is 54.1 cm³/mol. The van der Waals surface area contributed by atoms with Crippen LogP contribution in [0.5, 0.6) is 0 Å². The maximum atomic E-state index is 10.5. The second-order valence-corrected chi connectivity index (χ2v) is 2.69. The summed E-state index contributed by atoms with van der Waals surface area (Å²) in [6.45, 7) is 1.56. The summed E-state index contributed by atoms with van der Waals surface area (Å²) in [6.07, 6.45) is 0. The third-order valence-electron chi connectivity index (χ3n) is 1.62. The molecular weight excluding hydrogens is 350 g/mol. The number of carbonyl (C=O) groups is 1. The Labute approximate surface area is 97.5 Å². The standard InChI is InChI=1S/C7H7O.C5H5.Os/c1-6(8)7-4-2-3-5-7;1-2-4-5-3-1;/h2-5H,1H3;1-5H;/q2*-1;+2. The minimum atomic E-state index is 0. The maximum Gasteiger partial charge on any atom is 2.00 e. The molecular formula is C12H12OOs. The molecule has 0 aliphatic rings. The molecule has 0 bridgehead atoms. The van der Waals surface area contributed by atoms with Crippen molar-refractivity contribution in [2.24, 2.45) is 0 Å². The molecule has 2 heteroatoms. The third-order valence-corrected chi connectivity index (χ3v) is 1.62. The fourth-order valence-electron chi connectivity index (χ4n) is 0.929. The van der Waals surface area contributed by atoms with Gasteiger partial charge in [-0.2, -0.15) is 30.3 Å². The van der Waals surface area contributed by atoms with Gasteiger partial charge in [-0.05, 0) is 6.92 Å². The van der Waals surface area contributed by atoms with Gasteiger partial charge >= 0.3 is 19.8 Å². The molecule has 0 saturated heterocycles. The molecule has 0 unspecified atom stereocenters. The van der Waals surface area contributed by atoms with E-state index >= 15 is 0 Å². The van der Waals surface area contributed by atoms with Crippen LogP contribution in [0.1, 0.15) is 17.3 Å². The first-order chi connectivity index (χ1) is 6.30. The topological polar surface area (TPSA) is 17.1 Å². The van der Waals surface area contributed by atoms with Crippen LogP contribution in [0.4, 0.5) is 0 Å². The molecule has 0 spiro atoms. The summed E-state index contributed by atoms with van der Waals surface area (Å²) in [5.41, 5.74) is 0.796. The fourth-order valence-corrected chi connectivity index (χ4v) is 0.929. The van der Waals surface area contributed by atoms with Crippen molar-refractivity contribution in [1.29, 1.82) is 0 Å². The number of Topliss-reactive ketones (excluding diaryl/α,β-unsaturated/α-hetero) is 1. The molecule has 2 aromatic carbocycles. The molecule has 14 heavy (non-hydrogen) atoms. The molecule has 74 valence electrons. The molecule has 0 atom stereocenters. The van der Waals surface area contributed by atoms with E-state index in [1.54, 1.807) is 6.92 Å². The van der Waals surface area contributed by atoms with Crippen molar-refractivity contribution in [3.05, 3.63) is 60.2 Å². The van der Waals surface area contributed by atoms with Gasteiger partial charge in [-0.15, -0.1) is 0 Å². The van der Waals surface area contributed by atoms with Crippen LogP contribution in [-0.4, -0.2) is 5.78 Å². The summed E-state index contributed by atoms with van der Waals surface area (Å²) < 4.78 is 0. The fraction of sp³-hybridized carbons (Fsp3) is 0.0833. The van der Waals surface area contributed by atoms with Crippen LogP contribution >= 0.6 is 0 Å². The van der Waals surface area contributed by atoms with Gasteiger partial charge in [0.25, 0.3) is 0 Å². The van der Waals surface area contributed by atoms with E-state index in [0.29, 0.717) is 0 Å². The first-order valence-electron chi connectivity index (χ1n) is 4.20. The Hall–Kier alpha value is -0.994. The monoisotopic (exact) mass is 364 g/mol. The summed E-state index contributed by atoms with van der Waals surface area (Å²) in [5.74, 6) is 0.134. The molecule has 0 heterocycles. The maximum absolute atomic E-state index is 10.5. The van der Waals surface area contributed by atoms with Crippen LogP contribution < -0.4 is 0 Å². The number of rotatable bonds is 1. The Kier molecular flexibility index (Phi) is 6.89. The zero-order valence-electron chi connectivity index (χ0n) is 7.96. The smallest absolute Gasteiger partial charge is 0.309 e. The van der Waals surface area contributed by atoms with Crippen LogP contribution in [0, 0.1) is 0 Å². The van der Waals surface area contributed by atoms with Gasteiger partial charge in [0.2, 0.25) is 0 Å². The van der Waals surface area contributed by atoms with Crippen molar-refractivity contribution in [2.45, 2.75) is 6.92 Å². The Balaban J connectivity index is 0.000000246. The van der Waals surface area contributed by atoms with Crippen molar-refractivity contribution in [3.63, 3.8) is 0 Å². The van der Waals surface area contributed by atoms with Crippen molar-refractivity contribution in [1.82, 2.24) is 0 Å². The molecule has 0 fully saturated rings. The van der Waals surface area contributed by atoms with Gasteiger partial charge in [0.1, 0.15) is 5.78 Å². The second kappa shape index (κ2) is 7.41. The summed E-state index contributed by atoms with van der Waals surface area (Å²) in [5, 5.41) is 0. The van der Waals surface area contributed by atoms with E-state index in [-0.39, 0.29) is 25.6 Å². The van der Waals surface area contributed by atoms with Gasteiger partial charge in [-0.3, -0.25) is 0 Å². The summed E-state index contributed by atoms with van der Waals surface area (Å²) in [4.78, 5) is 10.5. The largest absolute Gasteiger partial charge is 2.00 e. The molecule has 0 aliphatic carbocycles. The SMILES string of the molecule is CC(=O)[c-]1cccc1.[Os+2].c1cc[cH-]c1. The van der Waals surface area contributed by atoms with E-state index in [1.165, 1.54) is 0 Å². The normalized spacial score (nSPS) is 8.07. The minimum absolute atomic E-state index is 0. The van der Waals surface area contributed by atoms with Crippen molar-refractivity contribution >= 4 is 5.78 Å². The first-order valence-corrected chi connectivity index (χ1v) is 4.20. The Bertz CT molecular complexity index is 302. The molecule has 0 saturated carbocycles. The summed E-state index contributed by atoms with van der Waals surface area (Å²) in [6, 6.07) is 17.3. The van der Waals surface area contributed by atoms with Crippen LogP contribution in [0.3, 0.4) is 0 Å². The Morgan fingerprint density at radius 1 is 1.07 bits per heavy atom. The average Bonchev–Trinajstić information content (AvgIpc) is 2.82. The van der Waals surface area contributed by atoms with Gasteiger partial charge in [0.05, 0.1) is 0 Å². The summed E-state index contributed by atoms with van der Waals surface area (Å²) in [7, 11) is 0. The van der Waals surface area contributed by atoms with E-state index in [2.05, 4.69) is 0 Å². The first kappa shape index (κ1) is 13.0. The van der Waals surface area contributed by atoms with Crippen LogP contribution in [0.15, 0.2) is 54.6 Å². The van der Waals surface area contributed by atoms with E-state index in [9.17, 15) is 4.79 Å². The number of ketones is 1. The molecule has 0 radical (unpaired) electrons. The minimum Gasteiger partial charge on any atom is -0.309 e. The second-order valence-electron chi connectivity index (χ2n) is 2.69. The van der Waals surface area contributed by atoms with Gasteiger partial charge in [0.15, 0.2) is 0 Å².